The Labute approximate surface area is 191 Å². The first-order valence-corrected chi connectivity index (χ1v) is 10.9. The summed E-state index contributed by atoms with van der Waals surface area (Å²) in [6.45, 7) is 4.68. The summed E-state index contributed by atoms with van der Waals surface area (Å²) in [7, 11) is 4.86. The number of nitrogens with zero attached hydrogens (tertiary/aromatic N) is 1. The summed E-state index contributed by atoms with van der Waals surface area (Å²) >= 11 is 0. The van der Waals surface area contributed by atoms with Gasteiger partial charge in [-0.3, -0.25) is 4.90 Å². The lowest BCUT2D eigenvalue weighted by Gasteiger charge is -2.51. The maximum atomic E-state index is 13.3. The molecule has 6 rings (SSSR count). The van der Waals surface area contributed by atoms with Crippen molar-refractivity contribution < 1.29 is 33.2 Å². The lowest BCUT2D eigenvalue weighted by atomic mass is 9.67. The lowest BCUT2D eigenvalue weighted by molar-refractivity contribution is -0.133. The summed E-state index contributed by atoms with van der Waals surface area (Å²) in [5.74, 6) is 2.50. The van der Waals surface area contributed by atoms with Crippen LogP contribution in [0.3, 0.4) is 0 Å². The van der Waals surface area contributed by atoms with Gasteiger partial charge in [0.15, 0.2) is 29.1 Å². The van der Waals surface area contributed by atoms with Crippen LogP contribution in [0.5, 0.6) is 23.0 Å². The van der Waals surface area contributed by atoms with Gasteiger partial charge in [-0.25, -0.2) is 4.79 Å². The van der Waals surface area contributed by atoms with Crippen molar-refractivity contribution in [1.29, 1.82) is 0 Å². The average molecular weight is 451 g/mol. The monoisotopic (exact) mass is 451 g/mol. The van der Waals surface area contributed by atoms with Gasteiger partial charge >= 0.3 is 6.09 Å². The van der Waals surface area contributed by atoms with Crippen molar-refractivity contribution in [3.05, 3.63) is 59.2 Å². The quantitative estimate of drug-likeness (QED) is 0.640. The number of hydrogen-bond donors (Lipinski definition) is 0. The highest BCUT2D eigenvalue weighted by atomic mass is 16.7. The van der Waals surface area contributed by atoms with Crippen LogP contribution in [0, 0.1) is 0 Å². The van der Waals surface area contributed by atoms with Crippen LogP contribution >= 0.6 is 0 Å². The zero-order valence-electron chi connectivity index (χ0n) is 18.8. The number of methoxy groups -OCH3 is 3. The van der Waals surface area contributed by atoms with Crippen molar-refractivity contribution in [3.63, 3.8) is 0 Å². The highest BCUT2D eigenvalue weighted by Crippen LogP contribution is 2.70. The third kappa shape index (κ3) is 2.17. The van der Waals surface area contributed by atoms with Crippen molar-refractivity contribution in [1.82, 2.24) is 4.90 Å². The molecule has 1 saturated heterocycles. The largest absolute Gasteiger partial charge is 0.493 e. The smallest absolute Gasteiger partial charge is 0.411 e. The van der Waals surface area contributed by atoms with Crippen LogP contribution in [-0.4, -0.2) is 45.7 Å². The zero-order chi connectivity index (χ0) is 23.0. The van der Waals surface area contributed by atoms with Crippen LogP contribution in [0.25, 0.3) is 0 Å². The molecule has 0 saturated carbocycles. The van der Waals surface area contributed by atoms with E-state index in [1.165, 1.54) is 0 Å². The van der Waals surface area contributed by atoms with E-state index in [-0.39, 0.29) is 12.9 Å². The zero-order valence-corrected chi connectivity index (χ0v) is 18.8. The normalized spacial score (nSPS) is 27.9. The Morgan fingerprint density at radius 3 is 2.67 bits per heavy atom. The summed E-state index contributed by atoms with van der Waals surface area (Å²) in [5.41, 5.74) is 1.61. The molecule has 8 heteroatoms. The maximum absolute atomic E-state index is 13.3. The summed E-state index contributed by atoms with van der Waals surface area (Å²) in [5, 5.41) is 0. The Morgan fingerprint density at radius 2 is 1.97 bits per heavy atom. The molecule has 0 unspecified atom stereocenters. The van der Waals surface area contributed by atoms with Crippen LogP contribution in [0.1, 0.15) is 34.8 Å². The maximum Gasteiger partial charge on any atom is 0.411 e. The number of hydrogen-bond acceptors (Lipinski definition) is 7. The lowest BCUT2D eigenvalue weighted by Crippen LogP contribution is -2.60. The number of carbonyl (C=O) groups is 1. The van der Waals surface area contributed by atoms with E-state index in [1.54, 1.807) is 26.2 Å². The first-order valence-electron chi connectivity index (χ1n) is 10.9. The van der Waals surface area contributed by atoms with E-state index in [0.29, 0.717) is 42.4 Å². The summed E-state index contributed by atoms with van der Waals surface area (Å²) in [4.78, 5) is 15.1. The van der Waals surface area contributed by atoms with Crippen molar-refractivity contribution in [2.45, 2.75) is 30.1 Å². The van der Waals surface area contributed by atoms with Crippen LogP contribution < -0.4 is 18.9 Å². The summed E-state index contributed by atoms with van der Waals surface area (Å²) in [6.07, 6.45) is 1.91. The molecule has 1 fully saturated rings. The second kappa shape index (κ2) is 6.81. The second-order valence-corrected chi connectivity index (χ2v) is 8.58. The second-order valence-electron chi connectivity index (χ2n) is 8.58. The molecule has 1 spiro atoms. The van der Waals surface area contributed by atoms with Crippen molar-refractivity contribution in [2.75, 3.05) is 34.7 Å². The molecular weight excluding hydrogens is 426 g/mol. The molecule has 0 aromatic heterocycles. The molecule has 1 aliphatic carbocycles. The van der Waals surface area contributed by atoms with Gasteiger partial charge in [0.25, 0.3) is 0 Å². The van der Waals surface area contributed by atoms with Gasteiger partial charge in [0.1, 0.15) is 11.1 Å². The highest BCUT2D eigenvalue weighted by molar-refractivity contribution is 5.79. The third-order valence-electron chi connectivity index (χ3n) is 7.52. The third-order valence-corrected chi connectivity index (χ3v) is 7.52. The molecule has 1 amide bonds. The van der Waals surface area contributed by atoms with E-state index in [0.717, 1.165) is 22.3 Å². The van der Waals surface area contributed by atoms with Gasteiger partial charge in [-0.1, -0.05) is 12.1 Å². The first kappa shape index (κ1) is 20.2. The SMILES string of the molecule is C=CC[C@@]1(OC)c2c(ccc(OC)c2OC)[C@@H]2OC(=O)N3CCc4cc5c(cc4[C@@]231)OCO5. The van der Waals surface area contributed by atoms with Gasteiger partial charge in [0.05, 0.1) is 14.2 Å². The predicted molar refractivity (Wildman–Crippen MR) is 117 cm³/mol. The summed E-state index contributed by atoms with van der Waals surface area (Å²) in [6, 6.07) is 7.76. The van der Waals surface area contributed by atoms with E-state index in [2.05, 4.69) is 6.58 Å². The number of amides is 1. The van der Waals surface area contributed by atoms with E-state index in [1.807, 2.05) is 30.3 Å². The molecule has 3 atom stereocenters. The van der Waals surface area contributed by atoms with Crippen LogP contribution in [0.2, 0.25) is 0 Å². The van der Waals surface area contributed by atoms with E-state index in [4.69, 9.17) is 28.4 Å². The van der Waals surface area contributed by atoms with Crippen LogP contribution in [0.4, 0.5) is 4.79 Å². The van der Waals surface area contributed by atoms with Gasteiger partial charge < -0.3 is 28.4 Å². The molecule has 2 aromatic rings. The standard InChI is InChI=1S/C25H25NO7/c1-5-9-24(30-4)20-15(6-7-17(28-2)21(20)29-3)22-25(24)16-12-19-18(31-13-32-19)11-14(16)8-10-26(25)23(27)33-22/h5-7,11-12,22H,1,8-10,13H2,2-4H3/t22-,24+,25-/m0/s1. The molecule has 2 aromatic carbocycles. The molecule has 8 nitrogen and oxygen atoms in total. The summed E-state index contributed by atoms with van der Waals surface area (Å²) < 4.78 is 35.4. The van der Waals surface area contributed by atoms with Gasteiger partial charge in [0, 0.05) is 31.2 Å². The fourth-order valence-corrected chi connectivity index (χ4v) is 6.37. The number of ether oxygens (including phenoxy) is 6. The number of carbonyl (C=O) groups excluding carboxylic acids is 1. The van der Waals surface area contributed by atoms with Gasteiger partial charge in [0.2, 0.25) is 6.79 Å². The first-order chi connectivity index (χ1) is 16.1. The predicted octanol–water partition coefficient (Wildman–Crippen LogP) is 3.81. The van der Waals surface area contributed by atoms with Crippen LogP contribution in [0.15, 0.2) is 36.9 Å². The van der Waals surface area contributed by atoms with Crippen molar-refractivity contribution in [3.8, 4) is 23.0 Å². The Kier molecular flexibility index (Phi) is 4.17. The Hall–Kier alpha value is -3.39. The molecule has 0 N–H and O–H groups in total. The molecule has 33 heavy (non-hydrogen) atoms. The molecule has 3 aliphatic heterocycles. The van der Waals surface area contributed by atoms with Crippen LogP contribution in [-0.2, 0) is 27.0 Å². The van der Waals surface area contributed by atoms with E-state index in [9.17, 15) is 4.79 Å². The number of rotatable bonds is 5. The van der Waals surface area contributed by atoms with Crippen molar-refractivity contribution >= 4 is 6.09 Å². The number of benzene rings is 2. The minimum atomic E-state index is -1.04. The van der Waals surface area contributed by atoms with Crippen molar-refractivity contribution in [2.24, 2.45) is 0 Å². The minimum Gasteiger partial charge on any atom is -0.493 e. The molecule has 0 radical (unpaired) electrons. The Balaban J connectivity index is 1.74. The topological polar surface area (TPSA) is 75.7 Å². The van der Waals surface area contributed by atoms with Gasteiger partial charge in [-0.2, -0.15) is 0 Å². The van der Waals surface area contributed by atoms with E-state index < -0.39 is 17.2 Å². The molecular formula is C25H25NO7. The number of fused-ring (bicyclic) bond motifs is 4. The molecule has 3 heterocycles. The van der Waals surface area contributed by atoms with E-state index >= 15 is 0 Å². The molecule has 0 bridgehead atoms. The Morgan fingerprint density at radius 1 is 1.18 bits per heavy atom. The molecule has 4 aliphatic rings. The average Bonchev–Trinajstić information content (AvgIpc) is 3.47. The Bertz CT molecular complexity index is 1190. The fraction of sp³-hybridized carbons (Fsp3) is 0.400. The van der Waals surface area contributed by atoms with Gasteiger partial charge in [-0.15, -0.1) is 6.58 Å². The molecule has 172 valence electrons. The van der Waals surface area contributed by atoms with Gasteiger partial charge in [-0.05, 0) is 35.7 Å². The minimum absolute atomic E-state index is 0.168. The highest BCUT2D eigenvalue weighted by Gasteiger charge is 2.75. The fourth-order valence-electron chi connectivity index (χ4n) is 6.37.